The van der Waals surface area contributed by atoms with Crippen molar-refractivity contribution in [3.05, 3.63) is 59.5 Å². The normalized spacial score (nSPS) is 17.6. The van der Waals surface area contributed by atoms with E-state index in [-0.39, 0.29) is 5.54 Å². The Hall–Kier alpha value is -2.20. The Kier molecular flexibility index (Phi) is 4.08. The molecule has 1 aliphatic rings. The second-order valence-corrected chi connectivity index (χ2v) is 7.95. The van der Waals surface area contributed by atoms with E-state index >= 15 is 0 Å². The van der Waals surface area contributed by atoms with Crippen LogP contribution in [0, 0.1) is 0 Å². The summed E-state index contributed by atoms with van der Waals surface area (Å²) in [6.45, 7) is 7.50. The van der Waals surface area contributed by atoms with Gasteiger partial charge in [-0.1, -0.05) is 24.3 Å². The number of fused-ring (bicyclic) bond motifs is 2. The van der Waals surface area contributed by atoms with Gasteiger partial charge in [0.1, 0.15) is 0 Å². The van der Waals surface area contributed by atoms with Gasteiger partial charge in [0, 0.05) is 35.4 Å². The van der Waals surface area contributed by atoms with Crippen molar-refractivity contribution in [3.63, 3.8) is 0 Å². The highest BCUT2D eigenvalue weighted by atomic mass is 15.3. The molecule has 25 heavy (non-hydrogen) atoms. The van der Waals surface area contributed by atoms with Crippen LogP contribution in [0.3, 0.4) is 0 Å². The van der Waals surface area contributed by atoms with E-state index in [1.165, 1.54) is 35.0 Å². The Labute approximate surface area is 149 Å². The molecule has 1 aliphatic carbocycles. The molecule has 0 bridgehead atoms. The van der Waals surface area contributed by atoms with Crippen molar-refractivity contribution in [1.82, 2.24) is 20.1 Å². The molecule has 1 atom stereocenters. The van der Waals surface area contributed by atoms with Crippen molar-refractivity contribution in [1.29, 1.82) is 0 Å². The summed E-state index contributed by atoms with van der Waals surface area (Å²) in [6, 6.07) is 10.9. The van der Waals surface area contributed by atoms with Gasteiger partial charge in [0.05, 0.1) is 17.3 Å². The molecule has 0 fully saturated rings. The van der Waals surface area contributed by atoms with E-state index in [0.717, 1.165) is 18.5 Å². The summed E-state index contributed by atoms with van der Waals surface area (Å²) in [5.74, 6) is 0. The van der Waals surface area contributed by atoms with Gasteiger partial charge in [-0.15, -0.1) is 0 Å². The highest BCUT2D eigenvalue weighted by Crippen LogP contribution is 2.32. The zero-order valence-corrected chi connectivity index (χ0v) is 15.3. The van der Waals surface area contributed by atoms with Crippen LogP contribution in [0.5, 0.6) is 0 Å². The van der Waals surface area contributed by atoms with Gasteiger partial charge in [0.15, 0.2) is 0 Å². The standard InChI is InChI=1S/C21H26N4/c1-21(2,3)25-19-11-5-10-18(17(19)14-24-25)23-13-16-8-4-7-15-9-6-12-22-20(15)16/h4,6-9,12,14,18,23H,5,10-11,13H2,1-3H3. The summed E-state index contributed by atoms with van der Waals surface area (Å²) in [5.41, 5.74) is 5.16. The average molecular weight is 334 g/mol. The fourth-order valence-corrected chi connectivity index (χ4v) is 3.89. The van der Waals surface area contributed by atoms with Gasteiger partial charge >= 0.3 is 0 Å². The number of nitrogens with zero attached hydrogens (tertiary/aromatic N) is 3. The first-order valence-corrected chi connectivity index (χ1v) is 9.17. The van der Waals surface area contributed by atoms with Crippen molar-refractivity contribution >= 4 is 10.9 Å². The van der Waals surface area contributed by atoms with E-state index in [2.05, 4.69) is 71.3 Å². The van der Waals surface area contributed by atoms with Gasteiger partial charge in [-0.05, 0) is 51.7 Å². The van der Waals surface area contributed by atoms with Crippen molar-refractivity contribution in [2.24, 2.45) is 0 Å². The van der Waals surface area contributed by atoms with Crippen molar-refractivity contribution in [2.75, 3.05) is 0 Å². The minimum atomic E-state index is 0.0367. The Morgan fingerprint density at radius 1 is 1.20 bits per heavy atom. The van der Waals surface area contributed by atoms with E-state index < -0.39 is 0 Å². The fourth-order valence-electron chi connectivity index (χ4n) is 3.89. The van der Waals surface area contributed by atoms with Crippen LogP contribution in [0.25, 0.3) is 10.9 Å². The van der Waals surface area contributed by atoms with Crippen LogP contribution in [0.15, 0.2) is 42.7 Å². The number of hydrogen-bond acceptors (Lipinski definition) is 3. The summed E-state index contributed by atoms with van der Waals surface area (Å²) in [6.07, 6.45) is 7.44. The summed E-state index contributed by atoms with van der Waals surface area (Å²) in [4.78, 5) is 4.57. The lowest BCUT2D eigenvalue weighted by atomic mass is 9.92. The minimum Gasteiger partial charge on any atom is -0.306 e. The maximum atomic E-state index is 4.69. The highest BCUT2D eigenvalue weighted by Gasteiger charge is 2.27. The van der Waals surface area contributed by atoms with Crippen LogP contribution in [0.4, 0.5) is 0 Å². The Morgan fingerprint density at radius 3 is 2.88 bits per heavy atom. The third kappa shape index (κ3) is 3.07. The lowest BCUT2D eigenvalue weighted by Crippen LogP contribution is -2.29. The predicted octanol–water partition coefficient (Wildman–Crippen LogP) is 4.35. The van der Waals surface area contributed by atoms with E-state index in [1.807, 2.05) is 12.3 Å². The first-order valence-electron chi connectivity index (χ1n) is 9.17. The summed E-state index contributed by atoms with van der Waals surface area (Å²) in [7, 11) is 0. The molecule has 4 heteroatoms. The molecule has 0 saturated carbocycles. The quantitative estimate of drug-likeness (QED) is 0.774. The monoisotopic (exact) mass is 334 g/mol. The maximum Gasteiger partial charge on any atom is 0.0746 e. The molecule has 4 rings (SSSR count). The largest absolute Gasteiger partial charge is 0.306 e. The maximum absolute atomic E-state index is 4.69. The number of aromatic nitrogens is 3. The van der Waals surface area contributed by atoms with Gasteiger partial charge in [-0.25, -0.2) is 0 Å². The topological polar surface area (TPSA) is 42.7 Å². The van der Waals surface area contributed by atoms with Crippen LogP contribution < -0.4 is 5.32 Å². The molecule has 4 nitrogen and oxygen atoms in total. The Morgan fingerprint density at radius 2 is 2.04 bits per heavy atom. The molecule has 0 spiro atoms. The lowest BCUT2D eigenvalue weighted by molar-refractivity contribution is 0.334. The zero-order valence-electron chi connectivity index (χ0n) is 15.3. The molecule has 1 unspecified atom stereocenters. The molecule has 0 aliphatic heterocycles. The molecule has 0 amide bonds. The molecule has 130 valence electrons. The molecule has 0 saturated heterocycles. The second kappa shape index (κ2) is 6.26. The minimum absolute atomic E-state index is 0.0367. The number of benzene rings is 1. The molecular formula is C21H26N4. The van der Waals surface area contributed by atoms with E-state index in [9.17, 15) is 0 Å². The van der Waals surface area contributed by atoms with Crippen LogP contribution in [0.2, 0.25) is 0 Å². The van der Waals surface area contributed by atoms with Crippen LogP contribution >= 0.6 is 0 Å². The lowest BCUT2D eigenvalue weighted by Gasteiger charge is -2.28. The number of nitrogens with one attached hydrogen (secondary N) is 1. The first kappa shape index (κ1) is 16.3. The van der Waals surface area contributed by atoms with Gasteiger partial charge in [0.25, 0.3) is 0 Å². The molecule has 1 aromatic carbocycles. The molecule has 2 aromatic heterocycles. The third-order valence-corrected chi connectivity index (χ3v) is 5.07. The zero-order chi connectivity index (χ0) is 17.4. The van der Waals surface area contributed by atoms with Crippen LogP contribution in [-0.4, -0.2) is 14.8 Å². The SMILES string of the molecule is CC(C)(C)n1ncc2c1CCCC2NCc1cccc2cccnc12. The first-order chi connectivity index (χ1) is 12.0. The molecule has 2 heterocycles. The van der Waals surface area contributed by atoms with Gasteiger partial charge < -0.3 is 5.32 Å². The van der Waals surface area contributed by atoms with E-state index in [0.29, 0.717) is 6.04 Å². The molecule has 3 aromatic rings. The van der Waals surface area contributed by atoms with Crippen molar-refractivity contribution < 1.29 is 0 Å². The van der Waals surface area contributed by atoms with Gasteiger partial charge in [0.2, 0.25) is 0 Å². The number of rotatable bonds is 3. The Bertz CT molecular complexity index is 883. The van der Waals surface area contributed by atoms with Gasteiger partial charge in [-0.3, -0.25) is 9.67 Å². The smallest absolute Gasteiger partial charge is 0.0746 e. The third-order valence-electron chi connectivity index (χ3n) is 5.07. The number of pyridine rings is 1. The van der Waals surface area contributed by atoms with Crippen LogP contribution in [0.1, 0.15) is 56.5 Å². The molecular weight excluding hydrogens is 308 g/mol. The van der Waals surface area contributed by atoms with Crippen molar-refractivity contribution in [3.8, 4) is 0 Å². The van der Waals surface area contributed by atoms with Crippen LogP contribution in [-0.2, 0) is 18.5 Å². The second-order valence-electron chi connectivity index (χ2n) is 7.95. The fraction of sp³-hybridized carbons (Fsp3) is 0.429. The average Bonchev–Trinajstić information content (AvgIpc) is 3.05. The van der Waals surface area contributed by atoms with E-state index in [4.69, 9.17) is 0 Å². The highest BCUT2D eigenvalue weighted by molar-refractivity contribution is 5.81. The van der Waals surface area contributed by atoms with E-state index in [1.54, 1.807) is 0 Å². The molecule has 0 radical (unpaired) electrons. The summed E-state index contributed by atoms with van der Waals surface area (Å²) >= 11 is 0. The predicted molar refractivity (Wildman–Crippen MR) is 101 cm³/mol. The summed E-state index contributed by atoms with van der Waals surface area (Å²) in [5, 5.41) is 9.65. The Balaban J connectivity index is 1.58. The van der Waals surface area contributed by atoms with Crippen molar-refractivity contribution in [2.45, 2.75) is 58.2 Å². The summed E-state index contributed by atoms with van der Waals surface area (Å²) < 4.78 is 2.20. The van der Waals surface area contributed by atoms with Gasteiger partial charge in [-0.2, -0.15) is 5.10 Å². The number of hydrogen-bond donors (Lipinski definition) is 1. The number of para-hydroxylation sites is 1. The molecule has 1 N–H and O–H groups in total.